The Kier molecular flexibility index (Phi) is 8.08. The molecule has 0 spiro atoms. The molecule has 1 N–H and O–H groups in total. The van der Waals surface area contributed by atoms with E-state index in [1.54, 1.807) is 17.0 Å². The van der Waals surface area contributed by atoms with Gasteiger partial charge in [0, 0.05) is 24.2 Å². The van der Waals surface area contributed by atoms with Crippen LogP contribution >= 0.6 is 0 Å². The number of ether oxygens (including phenoxy) is 1. The minimum atomic E-state index is -4.89. The Labute approximate surface area is 191 Å². The number of hydrogen-bond donors (Lipinski definition) is 1. The van der Waals surface area contributed by atoms with Gasteiger partial charge in [-0.25, -0.2) is 13.6 Å². The van der Waals surface area contributed by atoms with Crippen LogP contribution in [0.3, 0.4) is 0 Å². The lowest BCUT2D eigenvalue weighted by Crippen LogP contribution is -2.27. The molecule has 3 rings (SSSR count). The number of carboxylic acids is 1. The fourth-order valence-electron chi connectivity index (χ4n) is 3.55. The predicted molar refractivity (Wildman–Crippen MR) is 112 cm³/mol. The van der Waals surface area contributed by atoms with E-state index in [9.17, 15) is 31.9 Å². The first kappa shape index (κ1) is 25.0. The Bertz CT molecular complexity index is 1050. The molecule has 182 valence electrons. The molecule has 1 unspecified atom stereocenters. The van der Waals surface area contributed by atoms with Gasteiger partial charge in [0.25, 0.3) is 0 Å². The molecular weight excluding hydrogens is 463 g/mol. The second kappa shape index (κ2) is 11.0. The van der Waals surface area contributed by atoms with Crippen LogP contribution < -0.4 is 4.74 Å². The van der Waals surface area contributed by atoms with Gasteiger partial charge in [-0.2, -0.15) is 0 Å². The van der Waals surface area contributed by atoms with E-state index in [-0.39, 0.29) is 36.5 Å². The van der Waals surface area contributed by atoms with Crippen molar-refractivity contribution >= 4 is 11.7 Å². The van der Waals surface area contributed by atoms with Crippen LogP contribution in [0.1, 0.15) is 11.1 Å². The second-order valence-electron chi connectivity index (χ2n) is 7.48. The third-order valence-electron chi connectivity index (χ3n) is 4.96. The van der Waals surface area contributed by atoms with E-state index in [1.807, 2.05) is 0 Å². The molecule has 0 radical (unpaired) electrons. The Morgan fingerprint density at radius 1 is 1.18 bits per heavy atom. The molecule has 0 saturated carbocycles. The van der Waals surface area contributed by atoms with Gasteiger partial charge in [0.2, 0.25) is 0 Å². The molecule has 0 bridgehead atoms. The zero-order chi connectivity index (χ0) is 24.7. The van der Waals surface area contributed by atoms with E-state index in [1.165, 1.54) is 30.5 Å². The number of aliphatic carboxylic acids is 1. The standard InChI is InChI=1S/C23H21F5N2O4/c24-8-9-33-29-21(16-2-1-3-19(11-16)34-23(26,27)28)14-30-12-17(20(13-30)22(31)32)10-15-4-6-18(25)7-5-15/h1-7,11,13,17H,8-10,12,14H2,(H,31,32)/b29-21+. The number of carbonyl (C=O) groups is 1. The summed E-state index contributed by atoms with van der Waals surface area (Å²) in [6.45, 7) is -0.926. The van der Waals surface area contributed by atoms with Gasteiger partial charge < -0.3 is 19.6 Å². The molecule has 11 heteroatoms. The fourth-order valence-corrected chi connectivity index (χ4v) is 3.55. The van der Waals surface area contributed by atoms with Crippen molar-refractivity contribution in [3.05, 3.63) is 77.2 Å². The normalized spacial score (nSPS) is 16.4. The molecule has 0 amide bonds. The first-order chi connectivity index (χ1) is 16.1. The predicted octanol–water partition coefficient (Wildman–Crippen LogP) is 4.56. The zero-order valence-electron chi connectivity index (χ0n) is 17.8. The summed E-state index contributed by atoms with van der Waals surface area (Å²) in [7, 11) is 0. The topological polar surface area (TPSA) is 71.4 Å². The summed E-state index contributed by atoms with van der Waals surface area (Å²) in [4.78, 5) is 18.3. The van der Waals surface area contributed by atoms with Crippen LogP contribution in [0.4, 0.5) is 22.0 Å². The van der Waals surface area contributed by atoms with Crippen LogP contribution in [-0.2, 0) is 16.1 Å². The molecule has 2 aromatic carbocycles. The Morgan fingerprint density at radius 2 is 1.91 bits per heavy atom. The van der Waals surface area contributed by atoms with Gasteiger partial charge in [-0.05, 0) is 36.2 Å². The highest BCUT2D eigenvalue weighted by Gasteiger charge is 2.32. The number of nitrogens with zero attached hydrogens (tertiary/aromatic N) is 2. The van der Waals surface area contributed by atoms with Gasteiger partial charge in [-0.15, -0.1) is 13.2 Å². The molecule has 0 saturated heterocycles. The number of oxime groups is 1. The Hall–Kier alpha value is -3.63. The van der Waals surface area contributed by atoms with Crippen molar-refractivity contribution in [1.82, 2.24) is 4.90 Å². The van der Waals surface area contributed by atoms with Gasteiger partial charge in [0.1, 0.15) is 30.6 Å². The first-order valence-electron chi connectivity index (χ1n) is 10.2. The minimum absolute atomic E-state index is 0.0154. The summed E-state index contributed by atoms with van der Waals surface area (Å²) in [5.74, 6) is -2.42. The van der Waals surface area contributed by atoms with Crippen molar-refractivity contribution in [2.24, 2.45) is 11.1 Å². The molecule has 0 fully saturated rings. The van der Waals surface area contributed by atoms with Crippen molar-refractivity contribution in [3.8, 4) is 5.75 Å². The van der Waals surface area contributed by atoms with E-state index >= 15 is 0 Å². The van der Waals surface area contributed by atoms with Crippen molar-refractivity contribution in [2.75, 3.05) is 26.4 Å². The lowest BCUT2D eigenvalue weighted by atomic mass is 9.94. The van der Waals surface area contributed by atoms with Gasteiger partial charge in [0.05, 0.1) is 12.1 Å². The highest BCUT2D eigenvalue weighted by Crippen LogP contribution is 2.27. The van der Waals surface area contributed by atoms with Crippen LogP contribution in [0.2, 0.25) is 0 Å². The van der Waals surface area contributed by atoms with Crippen molar-refractivity contribution in [2.45, 2.75) is 12.8 Å². The molecular formula is C23H21F5N2O4. The first-order valence-corrected chi connectivity index (χ1v) is 10.2. The SMILES string of the molecule is O=C(O)C1=CN(C/C(=N\OCCF)c2cccc(OC(F)(F)F)c2)CC1Cc1ccc(F)cc1. The molecule has 1 aliphatic heterocycles. The van der Waals surface area contributed by atoms with E-state index in [0.717, 1.165) is 17.7 Å². The van der Waals surface area contributed by atoms with Gasteiger partial charge in [0.15, 0.2) is 0 Å². The van der Waals surface area contributed by atoms with Crippen LogP contribution in [0.25, 0.3) is 0 Å². The molecule has 1 heterocycles. The van der Waals surface area contributed by atoms with Crippen LogP contribution in [0, 0.1) is 11.7 Å². The maximum Gasteiger partial charge on any atom is 0.573 e. The largest absolute Gasteiger partial charge is 0.573 e. The summed E-state index contributed by atoms with van der Waals surface area (Å²) < 4.78 is 67.4. The number of benzene rings is 2. The number of alkyl halides is 4. The lowest BCUT2D eigenvalue weighted by Gasteiger charge is -2.20. The molecule has 0 aromatic heterocycles. The van der Waals surface area contributed by atoms with Crippen molar-refractivity contribution in [1.29, 1.82) is 0 Å². The average molecular weight is 484 g/mol. The van der Waals surface area contributed by atoms with E-state index < -0.39 is 36.5 Å². The summed E-state index contributed by atoms with van der Waals surface area (Å²) in [5.41, 5.74) is 1.26. The highest BCUT2D eigenvalue weighted by molar-refractivity contribution is 6.02. The maximum atomic E-state index is 13.2. The molecule has 1 aliphatic rings. The minimum Gasteiger partial charge on any atom is -0.478 e. The Morgan fingerprint density at radius 3 is 2.56 bits per heavy atom. The van der Waals surface area contributed by atoms with Crippen LogP contribution in [-0.4, -0.2) is 54.4 Å². The molecule has 2 aromatic rings. The summed E-state index contributed by atoms with van der Waals surface area (Å²) in [6, 6.07) is 10.8. The second-order valence-corrected chi connectivity index (χ2v) is 7.48. The third kappa shape index (κ3) is 7.19. The smallest absolute Gasteiger partial charge is 0.478 e. The molecule has 0 aliphatic carbocycles. The van der Waals surface area contributed by atoms with E-state index in [2.05, 4.69) is 9.89 Å². The number of carboxylic acid groups (broad SMARTS) is 1. The highest BCUT2D eigenvalue weighted by atomic mass is 19.4. The van der Waals surface area contributed by atoms with E-state index in [0.29, 0.717) is 6.42 Å². The van der Waals surface area contributed by atoms with Crippen molar-refractivity contribution in [3.63, 3.8) is 0 Å². The summed E-state index contributed by atoms with van der Waals surface area (Å²) in [5, 5.41) is 13.5. The summed E-state index contributed by atoms with van der Waals surface area (Å²) >= 11 is 0. The number of hydrogen-bond acceptors (Lipinski definition) is 5. The van der Waals surface area contributed by atoms with Gasteiger partial charge in [-0.1, -0.05) is 29.4 Å². The third-order valence-corrected chi connectivity index (χ3v) is 4.96. The van der Waals surface area contributed by atoms with Crippen molar-refractivity contribution < 1.29 is 41.4 Å². The average Bonchev–Trinajstić information content (AvgIpc) is 3.16. The summed E-state index contributed by atoms with van der Waals surface area (Å²) in [6.07, 6.45) is -3.12. The monoisotopic (exact) mass is 484 g/mol. The number of rotatable bonds is 10. The number of halogens is 5. The van der Waals surface area contributed by atoms with Crippen LogP contribution in [0.15, 0.2) is 65.5 Å². The Balaban J connectivity index is 1.81. The van der Waals surface area contributed by atoms with Crippen LogP contribution in [0.5, 0.6) is 5.75 Å². The quantitative estimate of drug-likeness (QED) is 0.232. The zero-order valence-corrected chi connectivity index (χ0v) is 17.8. The van der Waals surface area contributed by atoms with Gasteiger partial charge in [-0.3, -0.25) is 0 Å². The maximum absolute atomic E-state index is 13.2. The van der Waals surface area contributed by atoms with E-state index in [4.69, 9.17) is 4.84 Å². The fraction of sp³-hybridized carbons (Fsp3) is 0.304. The van der Waals surface area contributed by atoms with Gasteiger partial charge >= 0.3 is 12.3 Å². The molecule has 1 atom stereocenters. The molecule has 6 nitrogen and oxygen atoms in total. The molecule has 34 heavy (non-hydrogen) atoms. The lowest BCUT2D eigenvalue weighted by molar-refractivity contribution is -0.274.